The highest BCUT2D eigenvalue weighted by Crippen LogP contribution is 2.27. The van der Waals surface area contributed by atoms with Gasteiger partial charge < -0.3 is 20.3 Å². The van der Waals surface area contributed by atoms with Crippen molar-refractivity contribution >= 4 is 11.8 Å². The number of benzene rings is 1. The normalized spacial score (nSPS) is 17.6. The van der Waals surface area contributed by atoms with Crippen molar-refractivity contribution in [3.05, 3.63) is 29.8 Å². The maximum Gasteiger partial charge on any atom is 0.251 e. The van der Waals surface area contributed by atoms with E-state index in [-0.39, 0.29) is 11.8 Å². The molecule has 27 heavy (non-hydrogen) atoms. The lowest BCUT2D eigenvalue weighted by Crippen LogP contribution is -2.52. The third-order valence-corrected chi connectivity index (χ3v) is 5.20. The topological polar surface area (TPSA) is 73.9 Å². The van der Waals surface area contributed by atoms with Crippen molar-refractivity contribution in [3.63, 3.8) is 0 Å². The lowest BCUT2D eigenvalue weighted by molar-refractivity contribution is -0.131. The van der Waals surface area contributed by atoms with E-state index in [1.54, 1.807) is 31.4 Å². The Kier molecular flexibility index (Phi) is 7.06. The highest BCUT2D eigenvalue weighted by Gasteiger charge is 2.23. The molecule has 0 bridgehead atoms. The number of amides is 2. The summed E-state index contributed by atoms with van der Waals surface area (Å²) in [5.41, 5.74) is 0.630. The number of ether oxygens (including phenoxy) is 1. The van der Waals surface area contributed by atoms with Gasteiger partial charge in [-0.05, 0) is 49.6 Å². The zero-order valence-corrected chi connectivity index (χ0v) is 16.1. The van der Waals surface area contributed by atoms with Gasteiger partial charge in [0.05, 0.1) is 13.7 Å². The standard InChI is InChI=1S/C20H30N4O3/c1-27-18-6-4-17(5-7-18)20(26)22-8-9-23-10-12-24(13-11-23)19(25)15-21-14-16-2-3-16/h4-7,16,21H,2-3,8-15H2,1H3,(H,22,26). The van der Waals surface area contributed by atoms with Crippen LogP contribution in [0.5, 0.6) is 5.75 Å². The Morgan fingerprint density at radius 3 is 2.44 bits per heavy atom. The first kappa shape index (κ1) is 19.6. The van der Waals surface area contributed by atoms with Crippen LogP contribution in [0.2, 0.25) is 0 Å². The molecule has 7 nitrogen and oxygen atoms in total. The van der Waals surface area contributed by atoms with Crippen LogP contribution < -0.4 is 15.4 Å². The second-order valence-electron chi connectivity index (χ2n) is 7.28. The van der Waals surface area contributed by atoms with Gasteiger partial charge in [-0.1, -0.05) is 0 Å². The predicted molar refractivity (Wildman–Crippen MR) is 104 cm³/mol. The summed E-state index contributed by atoms with van der Waals surface area (Å²) in [6.07, 6.45) is 2.60. The smallest absolute Gasteiger partial charge is 0.251 e. The monoisotopic (exact) mass is 374 g/mol. The summed E-state index contributed by atoms with van der Waals surface area (Å²) in [7, 11) is 1.60. The second kappa shape index (κ2) is 9.71. The Balaban J connectivity index is 1.29. The molecule has 1 heterocycles. The molecule has 148 valence electrons. The van der Waals surface area contributed by atoms with Crippen LogP contribution in [0.25, 0.3) is 0 Å². The summed E-state index contributed by atoms with van der Waals surface area (Å²) in [5.74, 6) is 1.65. The van der Waals surface area contributed by atoms with Crippen molar-refractivity contribution in [1.82, 2.24) is 20.4 Å². The van der Waals surface area contributed by atoms with Crippen LogP contribution in [-0.4, -0.2) is 81.1 Å². The number of hydrogen-bond donors (Lipinski definition) is 2. The summed E-state index contributed by atoms with van der Waals surface area (Å²) in [5, 5.41) is 6.22. The van der Waals surface area contributed by atoms with Crippen molar-refractivity contribution < 1.29 is 14.3 Å². The van der Waals surface area contributed by atoms with Crippen molar-refractivity contribution in [3.8, 4) is 5.75 Å². The predicted octanol–water partition coefficient (Wildman–Crippen LogP) is 0.569. The summed E-state index contributed by atoms with van der Waals surface area (Å²) in [6, 6.07) is 7.08. The molecular weight excluding hydrogens is 344 g/mol. The fourth-order valence-corrected chi connectivity index (χ4v) is 3.21. The fraction of sp³-hybridized carbons (Fsp3) is 0.600. The van der Waals surface area contributed by atoms with E-state index in [0.29, 0.717) is 18.7 Å². The van der Waals surface area contributed by atoms with Crippen LogP contribution >= 0.6 is 0 Å². The maximum atomic E-state index is 12.2. The highest BCUT2D eigenvalue weighted by molar-refractivity contribution is 5.94. The number of carbonyl (C=O) groups is 2. The van der Waals surface area contributed by atoms with E-state index < -0.39 is 0 Å². The van der Waals surface area contributed by atoms with Gasteiger partial charge in [-0.15, -0.1) is 0 Å². The van der Waals surface area contributed by atoms with Crippen LogP contribution in [0, 0.1) is 5.92 Å². The third kappa shape index (κ3) is 6.22. The van der Waals surface area contributed by atoms with Crippen molar-refractivity contribution in [2.75, 3.05) is 59.5 Å². The van der Waals surface area contributed by atoms with Gasteiger partial charge in [0.15, 0.2) is 0 Å². The molecule has 1 aliphatic carbocycles. The first-order valence-electron chi connectivity index (χ1n) is 9.79. The molecule has 2 aliphatic rings. The number of nitrogens with zero attached hydrogens (tertiary/aromatic N) is 2. The van der Waals surface area contributed by atoms with E-state index in [2.05, 4.69) is 15.5 Å². The van der Waals surface area contributed by atoms with Gasteiger partial charge in [0, 0.05) is 44.8 Å². The van der Waals surface area contributed by atoms with E-state index in [1.165, 1.54) is 12.8 Å². The Labute approximate surface area is 161 Å². The van der Waals surface area contributed by atoms with Crippen LogP contribution in [0.3, 0.4) is 0 Å². The molecule has 2 fully saturated rings. The van der Waals surface area contributed by atoms with E-state index in [4.69, 9.17) is 4.74 Å². The number of nitrogens with one attached hydrogen (secondary N) is 2. The minimum Gasteiger partial charge on any atom is -0.497 e. The van der Waals surface area contributed by atoms with Crippen molar-refractivity contribution in [2.24, 2.45) is 5.92 Å². The van der Waals surface area contributed by atoms with E-state index in [9.17, 15) is 9.59 Å². The lowest BCUT2D eigenvalue weighted by Gasteiger charge is -2.34. The number of carbonyl (C=O) groups excluding carboxylic acids is 2. The fourth-order valence-electron chi connectivity index (χ4n) is 3.21. The third-order valence-electron chi connectivity index (χ3n) is 5.20. The molecule has 0 unspecified atom stereocenters. The average Bonchev–Trinajstić information content (AvgIpc) is 3.53. The number of rotatable bonds is 9. The van der Waals surface area contributed by atoms with E-state index in [1.807, 2.05) is 4.90 Å². The molecule has 1 saturated carbocycles. The summed E-state index contributed by atoms with van der Waals surface area (Å²) in [6.45, 7) is 6.05. The molecule has 0 aromatic heterocycles. The van der Waals surface area contributed by atoms with Crippen LogP contribution in [0.15, 0.2) is 24.3 Å². The van der Waals surface area contributed by atoms with Crippen molar-refractivity contribution in [2.45, 2.75) is 12.8 Å². The van der Waals surface area contributed by atoms with Crippen molar-refractivity contribution in [1.29, 1.82) is 0 Å². The molecule has 1 aliphatic heterocycles. The van der Waals surface area contributed by atoms with Gasteiger partial charge in [0.25, 0.3) is 5.91 Å². The second-order valence-corrected chi connectivity index (χ2v) is 7.28. The minimum absolute atomic E-state index is 0.0757. The summed E-state index contributed by atoms with van der Waals surface area (Å²) in [4.78, 5) is 28.6. The molecular formula is C20H30N4O3. The van der Waals surface area contributed by atoms with Gasteiger partial charge in [0.1, 0.15) is 5.75 Å². The molecule has 1 saturated heterocycles. The Hall–Kier alpha value is -2.12. The van der Waals surface area contributed by atoms with Crippen LogP contribution in [0.1, 0.15) is 23.2 Å². The molecule has 7 heteroatoms. The maximum absolute atomic E-state index is 12.2. The molecule has 0 radical (unpaired) electrons. The number of methoxy groups -OCH3 is 1. The number of piperazine rings is 1. The number of hydrogen-bond acceptors (Lipinski definition) is 5. The molecule has 3 rings (SSSR count). The highest BCUT2D eigenvalue weighted by atomic mass is 16.5. The molecule has 1 aromatic rings. The Morgan fingerprint density at radius 1 is 1.11 bits per heavy atom. The van der Waals surface area contributed by atoms with Crippen LogP contribution in [0.4, 0.5) is 0 Å². The zero-order valence-electron chi connectivity index (χ0n) is 16.1. The largest absolute Gasteiger partial charge is 0.497 e. The first-order chi connectivity index (χ1) is 13.2. The van der Waals surface area contributed by atoms with Gasteiger partial charge in [0.2, 0.25) is 5.91 Å². The van der Waals surface area contributed by atoms with Gasteiger partial charge in [-0.25, -0.2) is 0 Å². The summed E-state index contributed by atoms with van der Waals surface area (Å²) < 4.78 is 5.10. The first-order valence-corrected chi connectivity index (χ1v) is 9.79. The molecule has 2 N–H and O–H groups in total. The quantitative estimate of drug-likeness (QED) is 0.661. The van der Waals surface area contributed by atoms with E-state index >= 15 is 0 Å². The minimum atomic E-state index is -0.0757. The lowest BCUT2D eigenvalue weighted by atomic mass is 10.2. The van der Waals surface area contributed by atoms with Crippen LogP contribution in [-0.2, 0) is 4.79 Å². The SMILES string of the molecule is COc1ccc(C(=O)NCCN2CCN(C(=O)CNCC3CC3)CC2)cc1. The Bertz CT molecular complexity index is 623. The molecule has 2 amide bonds. The molecule has 1 aromatic carbocycles. The Morgan fingerprint density at radius 2 is 1.81 bits per heavy atom. The van der Waals surface area contributed by atoms with Gasteiger partial charge in [-0.3, -0.25) is 14.5 Å². The molecule has 0 spiro atoms. The van der Waals surface area contributed by atoms with Gasteiger partial charge >= 0.3 is 0 Å². The molecule has 0 atom stereocenters. The van der Waals surface area contributed by atoms with Gasteiger partial charge in [-0.2, -0.15) is 0 Å². The zero-order chi connectivity index (χ0) is 19.1. The average molecular weight is 374 g/mol. The summed E-state index contributed by atoms with van der Waals surface area (Å²) >= 11 is 0. The van der Waals surface area contributed by atoms with E-state index in [0.717, 1.165) is 50.9 Å².